The molecule has 1 aliphatic carbocycles. The van der Waals surface area contributed by atoms with E-state index in [-0.39, 0.29) is 18.0 Å². The minimum atomic E-state index is -0.391. The van der Waals surface area contributed by atoms with Crippen molar-refractivity contribution in [1.29, 1.82) is 0 Å². The maximum atomic E-state index is 11.5. The van der Waals surface area contributed by atoms with Crippen molar-refractivity contribution >= 4 is 11.6 Å². The molecule has 1 unspecified atom stereocenters. The normalized spacial score (nSPS) is 21.1. The average molecular weight is 218 g/mol. The Bertz CT molecular complexity index is 383. The number of hydrogen-bond acceptors (Lipinski definition) is 3. The van der Waals surface area contributed by atoms with E-state index in [1.807, 2.05) is 30.3 Å². The highest BCUT2D eigenvalue weighted by Crippen LogP contribution is 2.16. The van der Waals surface area contributed by atoms with E-state index in [1.165, 1.54) is 0 Å². The predicted molar refractivity (Wildman–Crippen MR) is 58.9 cm³/mol. The monoisotopic (exact) mass is 218 g/mol. The molecule has 0 aliphatic heterocycles. The predicted octanol–water partition coefficient (Wildman–Crippen LogP) is 1.89. The van der Waals surface area contributed by atoms with E-state index in [2.05, 4.69) is 0 Å². The third kappa shape index (κ3) is 2.76. The number of benzene rings is 1. The molecule has 1 aromatic carbocycles. The van der Waals surface area contributed by atoms with E-state index in [0.29, 0.717) is 19.4 Å². The molecular weight excluding hydrogens is 204 g/mol. The summed E-state index contributed by atoms with van der Waals surface area (Å²) in [6, 6.07) is 9.72. The van der Waals surface area contributed by atoms with Crippen molar-refractivity contribution in [3.8, 4) is 0 Å². The molecule has 1 atom stereocenters. The Labute approximate surface area is 94.4 Å². The number of hydrogen-bond donors (Lipinski definition) is 0. The summed E-state index contributed by atoms with van der Waals surface area (Å²) in [5, 5.41) is 0. The quantitative estimate of drug-likeness (QED) is 0.728. The summed E-state index contributed by atoms with van der Waals surface area (Å²) in [5.74, 6) is -0.0447. The van der Waals surface area contributed by atoms with Crippen LogP contribution in [0.25, 0.3) is 0 Å². The highest BCUT2D eigenvalue weighted by Gasteiger charge is 2.27. The van der Waals surface area contributed by atoms with Crippen LogP contribution in [0.2, 0.25) is 0 Å². The van der Waals surface area contributed by atoms with Gasteiger partial charge in [-0.2, -0.15) is 0 Å². The SMILES string of the molecule is O=C1CCC(OCc2ccccc2)C(=O)C1. The van der Waals surface area contributed by atoms with Crippen LogP contribution >= 0.6 is 0 Å². The smallest absolute Gasteiger partial charge is 0.168 e. The lowest BCUT2D eigenvalue weighted by atomic mass is 9.95. The average Bonchev–Trinajstić information content (AvgIpc) is 2.29. The van der Waals surface area contributed by atoms with E-state index in [9.17, 15) is 9.59 Å². The Kier molecular flexibility index (Phi) is 3.47. The van der Waals surface area contributed by atoms with Crippen LogP contribution in [0.15, 0.2) is 30.3 Å². The summed E-state index contributed by atoms with van der Waals surface area (Å²) >= 11 is 0. The van der Waals surface area contributed by atoms with Gasteiger partial charge in [-0.1, -0.05) is 30.3 Å². The Hall–Kier alpha value is -1.48. The molecule has 0 heterocycles. The van der Waals surface area contributed by atoms with E-state index < -0.39 is 6.10 Å². The second kappa shape index (κ2) is 5.03. The molecular formula is C13H14O3. The Morgan fingerprint density at radius 3 is 2.62 bits per heavy atom. The second-order valence-electron chi connectivity index (χ2n) is 4.01. The third-order valence-corrected chi connectivity index (χ3v) is 2.71. The highest BCUT2D eigenvalue weighted by molar-refractivity contribution is 6.03. The minimum Gasteiger partial charge on any atom is -0.366 e. The van der Waals surface area contributed by atoms with Crippen LogP contribution in [0.5, 0.6) is 0 Å². The van der Waals surface area contributed by atoms with Crippen LogP contribution in [-0.4, -0.2) is 17.7 Å². The fraction of sp³-hybridized carbons (Fsp3) is 0.385. The number of Topliss-reactive ketones (excluding diaryl/α,β-unsaturated/α-hetero) is 2. The zero-order valence-electron chi connectivity index (χ0n) is 9.02. The van der Waals surface area contributed by atoms with Gasteiger partial charge >= 0.3 is 0 Å². The van der Waals surface area contributed by atoms with Crippen molar-refractivity contribution < 1.29 is 14.3 Å². The molecule has 16 heavy (non-hydrogen) atoms. The molecule has 1 fully saturated rings. The van der Waals surface area contributed by atoms with E-state index in [1.54, 1.807) is 0 Å². The van der Waals surface area contributed by atoms with Crippen LogP contribution in [0, 0.1) is 0 Å². The fourth-order valence-corrected chi connectivity index (χ4v) is 1.80. The molecule has 0 radical (unpaired) electrons. The Morgan fingerprint density at radius 1 is 1.19 bits per heavy atom. The first-order valence-electron chi connectivity index (χ1n) is 5.45. The Balaban J connectivity index is 1.87. The maximum absolute atomic E-state index is 11.5. The topological polar surface area (TPSA) is 43.4 Å². The van der Waals surface area contributed by atoms with Crippen molar-refractivity contribution in [2.45, 2.75) is 32.0 Å². The summed E-state index contributed by atoms with van der Waals surface area (Å²) in [5.41, 5.74) is 1.05. The lowest BCUT2D eigenvalue weighted by Crippen LogP contribution is -2.31. The van der Waals surface area contributed by atoms with Gasteiger partial charge in [0.25, 0.3) is 0 Å². The molecule has 0 spiro atoms. The van der Waals surface area contributed by atoms with Crippen molar-refractivity contribution in [2.24, 2.45) is 0 Å². The lowest BCUT2D eigenvalue weighted by molar-refractivity contribution is -0.140. The number of ketones is 2. The summed E-state index contributed by atoms with van der Waals surface area (Å²) in [4.78, 5) is 22.5. The lowest BCUT2D eigenvalue weighted by Gasteiger charge is -2.20. The zero-order valence-corrected chi connectivity index (χ0v) is 9.02. The zero-order chi connectivity index (χ0) is 11.4. The Morgan fingerprint density at radius 2 is 1.94 bits per heavy atom. The van der Waals surface area contributed by atoms with Crippen LogP contribution in [0.3, 0.4) is 0 Å². The number of carbonyl (C=O) groups is 2. The molecule has 1 saturated carbocycles. The number of rotatable bonds is 3. The summed E-state index contributed by atoms with van der Waals surface area (Å²) in [7, 11) is 0. The minimum absolute atomic E-state index is 0.0320. The van der Waals surface area contributed by atoms with Gasteiger partial charge in [0.15, 0.2) is 5.78 Å². The summed E-state index contributed by atoms with van der Waals surface area (Å²) in [6.07, 6.45) is 0.646. The van der Waals surface area contributed by atoms with Crippen molar-refractivity contribution in [1.82, 2.24) is 0 Å². The molecule has 0 N–H and O–H groups in total. The van der Waals surface area contributed by atoms with Crippen LogP contribution < -0.4 is 0 Å². The molecule has 3 heteroatoms. The standard InChI is InChI=1S/C13H14O3/c14-11-6-7-13(12(15)8-11)16-9-10-4-2-1-3-5-10/h1-5,13H,6-9H2. The van der Waals surface area contributed by atoms with Crippen LogP contribution in [-0.2, 0) is 20.9 Å². The summed E-state index contributed by atoms with van der Waals surface area (Å²) in [6.45, 7) is 0.436. The van der Waals surface area contributed by atoms with E-state index in [4.69, 9.17) is 4.74 Å². The number of ether oxygens (including phenoxy) is 1. The van der Waals surface area contributed by atoms with Crippen LogP contribution in [0.4, 0.5) is 0 Å². The van der Waals surface area contributed by atoms with Crippen molar-refractivity contribution in [2.75, 3.05) is 0 Å². The third-order valence-electron chi connectivity index (χ3n) is 2.71. The van der Waals surface area contributed by atoms with Crippen LogP contribution in [0.1, 0.15) is 24.8 Å². The second-order valence-corrected chi connectivity index (χ2v) is 4.01. The maximum Gasteiger partial charge on any atom is 0.168 e. The highest BCUT2D eigenvalue weighted by atomic mass is 16.5. The molecule has 1 aliphatic rings. The van der Waals surface area contributed by atoms with Crippen molar-refractivity contribution in [3.63, 3.8) is 0 Å². The van der Waals surface area contributed by atoms with Gasteiger partial charge in [0.1, 0.15) is 11.9 Å². The first-order chi connectivity index (χ1) is 7.75. The molecule has 3 nitrogen and oxygen atoms in total. The van der Waals surface area contributed by atoms with Gasteiger partial charge in [-0.25, -0.2) is 0 Å². The van der Waals surface area contributed by atoms with Gasteiger partial charge in [-0.05, 0) is 12.0 Å². The molecule has 0 aromatic heterocycles. The fourth-order valence-electron chi connectivity index (χ4n) is 1.80. The molecule has 2 rings (SSSR count). The first kappa shape index (κ1) is 11.0. The van der Waals surface area contributed by atoms with Gasteiger partial charge in [0, 0.05) is 6.42 Å². The van der Waals surface area contributed by atoms with E-state index in [0.717, 1.165) is 5.56 Å². The van der Waals surface area contributed by atoms with Gasteiger partial charge in [-0.15, -0.1) is 0 Å². The van der Waals surface area contributed by atoms with Gasteiger partial charge in [0.2, 0.25) is 0 Å². The van der Waals surface area contributed by atoms with Crippen molar-refractivity contribution in [3.05, 3.63) is 35.9 Å². The molecule has 0 saturated heterocycles. The first-order valence-corrected chi connectivity index (χ1v) is 5.45. The molecule has 0 amide bonds. The van der Waals surface area contributed by atoms with Gasteiger partial charge in [0.05, 0.1) is 13.0 Å². The summed E-state index contributed by atoms with van der Waals surface area (Å²) < 4.78 is 5.53. The number of carbonyl (C=O) groups excluding carboxylic acids is 2. The molecule has 84 valence electrons. The molecule has 0 bridgehead atoms. The largest absolute Gasteiger partial charge is 0.366 e. The van der Waals surface area contributed by atoms with E-state index >= 15 is 0 Å². The van der Waals surface area contributed by atoms with Gasteiger partial charge in [-0.3, -0.25) is 9.59 Å². The van der Waals surface area contributed by atoms with Gasteiger partial charge < -0.3 is 4.74 Å². The molecule has 1 aromatic rings.